The van der Waals surface area contributed by atoms with Crippen molar-refractivity contribution in [2.45, 2.75) is 25.7 Å². The Balaban J connectivity index is 1.79. The third-order valence-electron chi connectivity index (χ3n) is 4.00. The lowest BCUT2D eigenvalue weighted by atomic mass is 10.1. The van der Waals surface area contributed by atoms with E-state index < -0.39 is 0 Å². The number of rotatable bonds is 7. The van der Waals surface area contributed by atoms with E-state index in [-0.39, 0.29) is 5.91 Å². The number of piperidine rings is 1. The molecule has 1 amide bonds. The van der Waals surface area contributed by atoms with Gasteiger partial charge in [0.25, 0.3) is 5.91 Å². The second-order valence-corrected chi connectivity index (χ2v) is 5.61. The lowest BCUT2D eigenvalue weighted by molar-refractivity contribution is 0.0950. The summed E-state index contributed by atoms with van der Waals surface area (Å²) in [6.07, 6.45) is 4.93. The van der Waals surface area contributed by atoms with E-state index in [1.54, 1.807) is 32.4 Å². The molecular formula is C17H26N2O3. The summed E-state index contributed by atoms with van der Waals surface area (Å²) in [5.41, 5.74) is 0.564. The average Bonchev–Trinajstić information content (AvgIpc) is 2.58. The van der Waals surface area contributed by atoms with Gasteiger partial charge in [-0.15, -0.1) is 0 Å². The summed E-state index contributed by atoms with van der Waals surface area (Å²) in [4.78, 5) is 14.7. The van der Waals surface area contributed by atoms with Gasteiger partial charge >= 0.3 is 0 Å². The highest BCUT2D eigenvalue weighted by atomic mass is 16.5. The van der Waals surface area contributed by atoms with E-state index >= 15 is 0 Å². The number of methoxy groups -OCH3 is 2. The summed E-state index contributed by atoms with van der Waals surface area (Å²) in [7, 11) is 3.16. The van der Waals surface area contributed by atoms with Crippen molar-refractivity contribution >= 4 is 5.91 Å². The van der Waals surface area contributed by atoms with Crippen LogP contribution in [-0.4, -0.2) is 51.2 Å². The third-order valence-corrected chi connectivity index (χ3v) is 4.00. The van der Waals surface area contributed by atoms with Crippen molar-refractivity contribution in [2.24, 2.45) is 0 Å². The van der Waals surface area contributed by atoms with Gasteiger partial charge in [0.15, 0.2) is 0 Å². The molecule has 0 aromatic heterocycles. The maximum absolute atomic E-state index is 12.2. The summed E-state index contributed by atoms with van der Waals surface area (Å²) < 4.78 is 10.4. The number of carbonyl (C=O) groups excluding carboxylic acids is 1. The Labute approximate surface area is 132 Å². The number of likely N-dealkylation sites (tertiary alicyclic amines) is 1. The van der Waals surface area contributed by atoms with Gasteiger partial charge in [-0.25, -0.2) is 0 Å². The Morgan fingerprint density at radius 1 is 1.09 bits per heavy atom. The van der Waals surface area contributed by atoms with Gasteiger partial charge in [0.2, 0.25) is 0 Å². The summed E-state index contributed by atoms with van der Waals surface area (Å²) in [6, 6.07) is 5.21. The van der Waals surface area contributed by atoms with E-state index in [1.165, 1.54) is 32.4 Å². The molecule has 5 nitrogen and oxygen atoms in total. The summed E-state index contributed by atoms with van der Waals surface area (Å²) in [6.45, 7) is 4.14. The molecule has 5 heteroatoms. The van der Waals surface area contributed by atoms with Crippen LogP contribution in [0.3, 0.4) is 0 Å². The van der Waals surface area contributed by atoms with Gasteiger partial charge in [-0.1, -0.05) is 6.42 Å². The molecular weight excluding hydrogens is 280 g/mol. The molecule has 22 heavy (non-hydrogen) atoms. The molecule has 1 saturated heterocycles. The standard InChI is InChI=1S/C17H26N2O3/c1-21-15-11-14(12-16(13-15)22-2)17(20)18-7-6-10-19-8-4-3-5-9-19/h11-13H,3-10H2,1-2H3,(H,18,20). The van der Waals surface area contributed by atoms with E-state index in [0.29, 0.717) is 23.6 Å². The van der Waals surface area contributed by atoms with E-state index in [0.717, 1.165) is 13.0 Å². The molecule has 1 aromatic rings. The van der Waals surface area contributed by atoms with Gasteiger partial charge in [-0.2, -0.15) is 0 Å². The van der Waals surface area contributed by atoms with Crippen LogP contribution in [0.4, 0.5) is 0 Å². The topological polar surface area (TPSA) is 50.8 Å². The van der Waals surface area contributed by atoms with Gasteiger partial charge in [0.1, 0.15) is 11.5 Å². The van der Waals surface area contributed by atoms with Crippen LogP contribution in [0.2, 0.25) is 0 Å². The molecule has 1 aliphatic heterocycles. The smallest absolute Gasteiger partial charge is 0.251 e. The van der Waals surface area contributed by atoms with Crippen LogP contribution in [0, 0.1) is 0 Å². The molecule has 1 aromatic carbocycles. The molecule has 1 fully saturated rings. The Bertz CT molecular complexity index is 463. The monoisotopic (exact) mass is 306 g/mol. The summed E-state index contributed by atoms with van der Waals surface area (Å²) in [5, 5.41) is 2.96. The van der Waals surface area contributed by atoms with Gasteiger partial charge in [0.05, 0.1) is 14.2 Å². The van der Waals surface area contributed by atoms with Crippen LogP contribution >= 0.6 is 0 Å². The molecule has 0 bridgehead atoms. The van der Waals surface area contributed by atoms with Crippen molar-refractivity contribution in [1.82, 2.24) is 10.2 Å². The van der Waals surface area contributed by atoms with E-state index in [4.69, 9.17) is 9.47 Å². The Morgan fingerprint density at radius 3 is 2.32 bits per heavy atom. The number of hydrogen-bond acceptors (Lipinski definition) is 4. The molecule has 0 aliphatic carbocycles. The lowest BCUT2D eigenvalue weighted by Crippen LogP contribution is -2.33. The first-order chi connectivity index (χ1) is 10.7. The van der Waals surface area contributed by atoms with Gasteiger partial charge in [-0.3, -0.25) is 4.79 Å². The number of hydrogen-bond donors (Lipinski definition) is 1. The number of benzene rings is 1. The van der Waals surface area contributed by atoms with Crippen molar-refractivity contribution in [3.8, 4) is 11.5 Å². The van der Waals surface area contributed by atoms with Gasteiger partial charge in [0, 0.05) is 18.2 Å². The zero-order valence-electron chi connectivity index (χ0n) is 13.6. The van der Waals surface area contributed by atoms with Crippen molar-refractivity contribution in [3.63, 3.8) is 0 Å². The van der Waals surface area contributed by atoms with Crippen LogP contribution in [-0.2, 0) is 0 Å². The molecule has 122 valence electrons. The van der Waals surface area contributed by atoms with Crippen LogP contribution in [0.1, 0.15) is 36.0 Å². The highest BCUT2D eigenvalue weighted by molar-refractivity contribution is 5.95. The average molecular weight is 306 g/mol. The molecule has 1 aliphatic rings. The predicted molar refractivity (Wildman–Crippen MR) is 86.8 cm³/mol. The number of nitrogens with one attached hydrogen (secondary N) is 1. The van der Waals surface area contributed by atoms with Crippen molar-refractivity contribution < 1.29 is 14.3 Å². The van der Waals surface area contributed by atoms with Crippen LogP contribution in [0.25, 0.3) is 0 Å². The minimum absolute atomic E-state index is 0.0872. The van der Waals surface area contributed by atoms with Crippen LogP contribution < -0.4 is 14.8 Å². The molecule has 1 heterocycles. The molecule has 0 radical (unpaired) electrons. The first kappa shape index (κ1) is 16.6. The first-order valence-electron chi connectivity index (χ1n) is 7.96. The maximum atomic E-state index is 12.2. The van der Waals surface area contributed by atoms with Crippen LogP contribution in [0.5, 0.6) is 11.5 Å². The highest BCUT2D eigenvalue weighted by Crippen LogP contribution is 2.22. The minimum atomic E-state index is -0.0872. The van der Waals surface area contributed by atoms with Crippen molar-refractivity contribution in [1.29, 1.82) is 0 Å². The number of nitrogens with zero attached hydrogens (tertiary/aromatic N) is 1. The Hall–Kier alpha value is -1.75. The Kier molecular flexibility index (Phi) is 6.52. The number of carbonyl (C=O) groups is 1. The van der Waals surface area contributed by atoms with Crippen molar-refractivity contribution in [3.05, 3.63) is 23.8 Å². The molecule has 0 spiro atoms. The second kappa shape index (κ2) is 8.63. The minimum Gasteiger partial charge on any atom is -0.497 e. The van der Waals surface area contributed by atoms with E-state index in [1.807, 2.05) is 0 Å². The summed E-state index contributed by atoms with van der Waals surface area (Å²) >= 11 is 0. The largest absolute Gasteiger partial charge is 0.497 e. The fourth-order valence-electron chi connectivity index (χ4n) is 2.73. The predicted octanol–water partition coefficient (Wildman–Crippen LogP) is 2.31. The van der Waals surface area contributed by atoms with E-state index in [9.17, 15) is 4.79 Å². The zero-order chi connectivity index (χ0) is 15.8. The number of ether oxygens (including phenoxy) is 2. The number of amides is 1. The molecule has 1 N–H and O–H groups in total. The molecule has 0 saturated carbocycles. The quantitative estimate of drug-likeness (QED) is 0.786. The molecule has 0 unspecified atom stereocenters. The first-order valence-corrected chi connectivity index (χ1v) is 7.96. The fourth-order valence-corrected chi connectivity index (χ4v) is 2.73. The van der Waals surface area contributed by atoms with Gasteiger partial charge in [-0.05, 0) is 51.0 Å². The van der Waals surface area contributed by atoms with Crippen molar-refractivity contribution in [2.75, 3.05) is 40.4 Å². The van der Waals surface area contributed by atoms with Gasteiger partial charge < -0.3 is 19.7 Å². The fraction of sp³-hybridized carbons (Fsp3) is 0.588. The summed E-state index contributed by atoms with van der Waals surface area (Å²) in [5.74, 6) is 1.16. The zero-order valence-corrected chi connectivity index (χ0v) is 13.6. The molecule has 0 atom stereocenters. The second-order valence-electron chi connectivity index (χ2n) is 5.61. The maximum Gasteiger partial charge on any atom is 0.251 e. The Morgan fingerprint density at radius 2 is 1.73 bits per heavy atom. The van der Waals surface area contributed by atoms with Crippen LogP contribution in [0.15, 0.2) is 18.2 Å². The third kappa shape index (κ3) is 4.91. The lowest BCUT2D eigenvalue weighted by Gasteiger charge is -2.26. The highest BCUT2D eigenvalue weighted by Gasteiger charge is 2.11. The van der Waals surface area contributed by atoms with E-state index in [2.05, 4.69) is 10.2 Å². The molecule has 2 rings (SSSR count). The SMILES string of the molecule is COc1cc(OC)cc(C(=O)NCCCN2CCCCC2)c1. The normalized spacial score (nSPS) is 15.4.